The van der Waals surface area contributed by atoms with E-state index in [2.05, 4.69) is 15.6 Å². The van der Waals surface area contributed by atoms with E-state index in [0.29, 0.717) is 18.9 Å². The second-order valence-electron chi connectivity index (χ2n) is 4.59. The average Bonchev–Trinajstić information content (AvgIpc) is 2.58. The van der Waals surface area contributed by atoms with E-state index in [1.807, 2.05) is 0 Å². The third kappa shape index (κ3) is 4.14. The molecule has 0 radical (unpaired) electrons. The van der Waals surface area contributed by atoms with Gasteiger partial charge in [0.1, 0.15) is 11.9 Å². The van der Waals surface area contributed by atoms with Gasteiger partial charge in [-0.25, -0.2) is 4.98 Å². The van der Waals surface area contributed by atoms with Crippen molar-refractivity contribution in [2.75, 3.05) is 23.7 Å². The molecule has 0 aliphatic rings. The molecule has 0 aliphatic heterocycles. The van der Waals surface area contributed by atoms with E-state index in [1.165, 1.54) is 24.3 Å². The predicted octanol–water partition coefficient (Wildman–Crippen LogP) is 2.29. The Bertz CT molecular complexity index is 800. The maximum Gasteiger partial charge on any atom is 0.305 e. The van der Waals surface area contributed by atoms with E-state index in [-0.39, 0.29) is 17.1 Å². The number of nitriles is 1. The van der Waals surface area contributed by atoms with Gasteiger partial charge in [0.05, 0.1) is 9.85 Å². The van der Waals surface area contributed by atoms with Crippen molar-refractivity contribution in [2.45, 2.75) is 0 Å². The lowest BCUT2D eigenvalue weighted by molar-refractivity contribution is -0.385. The molecule has 0 fully saturated rings. The van der Waals surface area contributed by atoms with Crippen LogP contribution in [0, 0.1) is 31.6 Å². The van der Waals surface area contributed by atoms with E-state index in [1.54, 1.807) is 18.2 Å². The van der Waals surface area contributed by atoms with Gasteiger partial charge in [-0.2, -0.15) is 5.26 Å². The molecular weight excluding hydrogens is 316 g/mol. The zero-order chi connectivity index (χ0) is 17.5. The van der Waals surface area contributed by atoms with Crippen molar-refractivity contribution in [3.63, 3.8) is 0 Å². The second-order valence-corrected chi connectivity index (χ2v) is 4.59. The molecule has 0 saturated carbocycles. The number of rotatable bonds is 7. The van der Waals surface area contributed by atoms with Crippen LogP contribution in [-0.4, -0.2) is 27.9 Å². The quantitative estimate of drug-likeness (QED) is 0.447. The van der Waals surface area contributed by atoms with Crippen molar-refractivity contribution in [1.82, 2.24) is 4.98 Å². The molecular formula is C14H12N6O4. The molecule has 2 rings (SSSR count). The molecule has 1 heterocycles. The van der Waals surface area contributed by atoms with E-state index in [4.69, 9.17) is 5.26 Å². The monoisotopic (exact) mass is 328 g/mol. The Hall–Kier alpha value is -3.74. The molecule has 10 nitrogen and oxygen atoms in total. The smallest absolute Gasteiger partial charge is 0.305 e. The van der Waals surface area contributed by atoms with Crippen molar-refractivity contribution >= 4 is 22.9 Å². The number of non-ortho nitro benzene ring substituents is 1. The average molecular weight is 328 g/mol. The fourth-order valence-electron chi connectivity index (χ4n) is 1.88. The Balaban J connectivity index is 1.87. The summed E-state index contributed by atoms with van der Waals surface area (Å²) in [6.07, 6.45) is 0. The van der Waals surface area contributed by atoms with Gasteiger partial charge in [0.25, 0.3) is 5.69 Å². The number of nitro groups is 2. The van der Waals surface area contributed by atoms with Crippen LogP contribution in [0.15, 0.2) is 36.4 Å². The summed E-state index contributed by atoms with van der Waals surface area (Å²) >= 11 is 0. The van der Waals surface area contributed by atoms with Crippen LogP contribution >= 0.6 is 0 Å². The van der Waals surface area contributed by atoms with Gasteiger partial charge in [0, 0.05) is 37.0 Å². The predicted molar refractivity (Wildman–Crippen MR) is 85.7 cm³/mol. The number of nitrogens with zero attached hydrogens (tertiary/aromatic N) is 4. The highest BCUT2D eigenvalue weighted by molar-refractivity contribution is 5.51. The highest BCUT2D eigenvalue weighted by atomic mass is 16.6. The van der Waals surface area contributed by atoms with Gasteiger partial charge in [-0.15, -0.1) is 0 Å². The van der Waals surface area contributed by atoms with E-state index in [9.17, 15) is 20.2 Å². The van der Waals surface area contributed by atoms with Crippen LogP contribution in [0.2, 0.25) is 0 Å². The summed E-state index contributed by atoms with van der Waals surface area (Å²) in [5, 5.41) is 36.1. The van der Waals surface area contributed by atoms with Gasteiger partial charge in [-0.05, 0) is 18.2 Å². The van der Waals surface area contributed by atoms with Gasteiger partial charge in [0.15, 0.2) is 0 Å². The van der Waals surface area contributed by atoms with Crippen molar-refractivity contribution in [1.29, 1.82) is 5.26 Å². The molecule has 0 bridgehead atoms. The largest absolute Gasteiger partial charge is 0.383 e. The molecule has 2 N–H and O–H groups in total. The Morgan fingerprint density at radius 1 is 1.00 bits per heavy atom. The molecule has 10 heteroatoms. The first kappa shape index (κ1) is 16.6. The fourth-order valence-corrected chi connectivity index (χ4v) is 1.88. The normalized spacial score (nSPS) is 9.79. The summed E-state index contributed by atoms with van der Waals surface area (Å²) in [7, 11) is 0. The Labute approximate surface area is 136 Å². The van der Waals surface area contributed by atoms with Crippen LogP contribution in [0.25, 0.3) is 0 Å². The Kier molecular flexibility index (Phi) is 5.20. The number of anilines is 2. The van der Waals surface area contributed by atoms with Crippen LogP contribution in [0.4, 0.5) is 22.9 Å². The lowest BCUT2D eigenvalue weighted by Gasteiger charge is -2.08. The number of pyridine rings is 1. The van der Waals surface area contributed by atoms with Gasteiger partial charge >= 0.3 is 5.69 Å². The summed E-state index contributed by atoms with van der Waals surface area (Å²) in [6, 6.07) is 10.3. The minimum atomic E-state index is -0.661. The maximum absolute atomic E-state index is 10.7. The standard InChI is InChI=1S/C14H12N6O4/c15-9-12-13(20(23)24)5-6-14(18-12)17-8-7-16-10-1-3-11(4-2-10)19(21)22/h1-6,16H,7-8H2,(H,17,18). The first-order valence-electron chi connectivity index (χ1n) is 6.79. The third-order valence-electron chi connectivity index (χ3n) is 3.01. The molecule has 0 amide bonds. The van der Waals surface area contributed by atoms with Crippen LogP contribution in [0.1, 0.15) is 5.69 Å². The van der Waals surface area contributed by atoms with Crippen LogP contribution < -0.4 is 10.6 Å². The zero-order valence-corrected chi connectivity index (χ0v) is 12.3. The number of benzene rings is 1. The second kappa shape index (κ2) is 7.50. The van der Waals surface area contributed by atoms with Gasteiger partial charge < -0.3 is 10.6 Å². The minimum Gasteiger partial charge on any atom is -0.383 e. The topological polar surface area (TPSA) is 147 Å². The molecule has 1 aromatic carbocycles. The molecule has 122 valence electrons. The van der Waals surface area contributed by atoms with Crippen LogP contribution in [0.3, 0.4) is 0 Å². The summed E-state index contributed by atoms with van der Waals surface area (Å²) < 4.78 is 0. The number of nitrogens with one attached hydrogen (secondary N) is 2. The number of hydrogen-bond acceptors (Lipinski definition) is 8. The summed E-state index contributed by atoms with van der Waals surface area (Å²) in [6.45, 7) is 0.922. The lowest BCUT2D eigenvalue weighted by Crippen LogP contribution is -2.14. The van der Waals surface area contributed by atoms with Crippen LogP contribution in [-0.2, 0) is 0 Å². The van der Waals surface area contributed by atoms with Crippen molar-refractivity contribution in [3.05, 3.63) is 62.3 Å². The number of hydrogen-bond donors (Lipinski definition) is 2. The number of aromatic nitrogens is 1. The zero-order valence-electron chi connectivity index (χ0n) is 12.3. The van der Waals surface area contributed by atoms with E-state index < -0.39 is 9.85 Å². The van der Waals surface area contributed by atoms with Crippen molar-refractivity contribution < 1.29 is 9.85 Å². The van der Waals surface area contributed by atoms with Gasteiger partial charge in [0.2, 0.25) is 5.69 Å². The Morgan fingerprint density at radius 2 is 1.67 bits per heavy atom. The molecule has 0 saturated heterocycles. The maximum atomic E-state index is 10.7. The first-order valence-corrected chi connectivity index (χ1v) is 6.79. The summed E-state index contributed by atoms with van der Waals surface area (Å²) in [4.78, 5) is 24.0. The summed E-state index contributed by atoms with van der Waals surface area (Å²) in [5.74, 6) is 0.350. The molecule has 24 heavy (non-hydrogen) atoms. The Morgan fingerprint density at radius 3 is 2.25 bits per heavy atom. The first-order chi connectivity index (χ1) is 11.5. The van der Waals surface area contributed by atoms with Crippen molar-refractivity contribution in [3.8, 4) is 6.07 Å². The highest BCUT2D eigenvalue weighted by Gasteiger charge is 2.15. The van der Waals surface area contributed by atoms with Gasteiger partial charge in [-0.1, -0.05) is 0 Å². The SMILES string of the molecule is N#Cc1nc(NCCNc2ccc([N+](=O)[O-])cc2)ccc1[N+](=O)[O-]. The van der Waals surface area contributed by atoms with Gasteiger partial charge in [-0.3, -0.25) is 20.2 Å². The molecule has 1 aromatic heterocycles. The summed E-state index contributed by atoms with van der Waals surface area (Å²) in [5.41, 5.74) is 0.134. The van der Waals surface area contributed by atoms with Crippen molar-refractivity contribution in [2.24, 2.45) is 0 Å². The highest BCUT2D eigenvalue weighted by Crippen LogP contribution is 2.18. The molecule has 0 aliphatic carbocycles. The van der Waals surface area contributed by atoms with Crippen LogP contribution in [0.5, 0.6) is 0 Å². The number of nitro benzene ring substituents is 1. The molecule has 0 atom stereocenters. The van der Waals surface area contributed by atoms with E-state index >= 15 is 0 Å². The molecule has 2 aromatic rings. The van der Waals surface area contributed by atoms with E-state index in [0.717, 1.165) is 5.69 Å². The fraction of sp³-hybridized carbons (Fsp3) is 0.143. The molecule has 0 spiro atoms. The third-order valence-corrected chi connectivity index (χ3v) is 3.01. The molecule has 0 unspecified atom stereocenters. The minimum absolute atomic E-state index is 0.0118. The lowest BCUT2D eigenvalue weighted by atomic mass is 10.3.